The molecule has 0 bridgehead atoms. The second-order valence-electron chi connectivity index (χ2n) is 3.93. The fraction of sp³-hybridized carbons (Fsp3) is 0.417. The van der Waals surface area contributed by atoms with Gasteiger partial charge in [-0.05, 0) is 34.1 Å². The molecule has 1 amide bonds. The number of nitrogens with zero attached hydrogens (tertiary/aromatic N) is 1. The molecule has 0 aliphatic carbocycles. The first-order chi connectivity index (χ1) is 9.31. The van der Waals surface area contributed by atoms with Gasteiger partial charge >= 0.3 is 6.18 Å². The third-order valence-corrected chi connectivity index (χ3v) is 3.24. The van der Waals surface area contributed by atoms with Crippen LogP contribution in [-0.4, -0.2) is 47.3 Å². The van der Waals surface area contributed by atoms with Crippen LogP contribution in [-0.2, 0) is 6.18 Å². The van der Waals surface area contributed by atoms with Crippen LogP contribution in [0, 0.1) is 0 Å². The summed E-state index contributed by atoms with van der Waals surface area (Å²) < 4.78 is 38.1. The molecule has 0 saturated heterocycles. The van der Waals surface area contributed by atoms with Gasteiger partial charge in [0.15, 0.2) is 0 Å². The van der Waals surface area contributed by atoms with Crippen molar-refractivity contribution in [2.24, 2.45) is 0 Å². The summed E-state index contributed by atoms with van der Waals surface area (Å²) in [5.41, 5.74) is -1.10. The van der Waals surface area contributed by atoms with E-state index in [-0.39, 0.29) is 36.3 Å². The molecule has 112 valence electrons. The second-order valence-corrected chi connectivity index (χ2v) is 4.79. The molecule has 0 heterocycles. The monoisotopic (exact) mass is 355 g/mol. The molecule has 0 unspecified atom stereocenters. The number of amides is 1. The lowest BCUT2D eigenvalue weighted by Gasteiger charge is -2.21. The van der Waals surface area contributed by atoms with Gasteiger partial charge in [0.1, 0.15) is 0 Å². The maximum Gasteiger partial charge on any atom is 0.416 e. The lowest BCUT2D eigenvalue weighted by molar-refractivity contribution is -0.137. The van der Waals surface area contributed by atoms with Crippen molar-refractivity contribution < 1.29 is 28.2 Å². The summed E-state index contributed by atoms with van der Waals surface area (Å²) in [7, 11) is 0. The van der Waals surface area contributed by atoms with Gasteiger partial charge < -0.3 is 15.1 Å². The van der Waals surface area contributed by atoms with Crippen LogP contribution < -0.4 is 0 Å². The second kappa shape index (κ2) is 7.05. The Kier molecular flexibility index (Phi) is 5.97. The zero-order valence-corrected chi connectivity index (χ0v) is 11.9. The van der Waals surface area contributed by atoms with Crippen molar-refractivity contribution in [3.05, 3.63) is 33.8 Å². The molecule has 1 aromatic rings. The van der Waals surface area contributed by atoms with Crippen LogP contribution in [0.4, 0.5) is 13.2 Å². The number of hydrogen-bond acceptors (Lipinski definition) is 3. The molecule has 1 rings (SSSR count). The Bertz CT molecular complexity index is 474. The van der Waals surface area contributed by atoms with Gasteiger partial charge in [-0.3, -0.25) is 4.79 Å². The first-order valence-electron chi connectivity index (χ1n) is 5.69. The Labute approximate surface area is 121 Å². The normalized spacial score (nSPS) is 11.5. The van der Waals surface area contributed by atoms with Crippen molar-refractivity contribution >= 4 is 21.8 Å². The molecule has 0 spiro atoms. The van der Waals surface area contributed by atoms with Crippen molar-refractivity contribution in [3.63, 3.8) is 0 Å². The Morgan fingerprint density at radius 3 is 2.20 bits per heavy atom. The molecular weight excluding hydrogens is 343 g/mol. The molecular formula is C12H13BrF3NO3. The molecule has 0 fully saturated rings. The van der Waals surface area contributed by atoms with Gasteiger partial charge in [0, 0.05) is 17.6 Å². The Morgan fingerprint density at radius 1 is 1.20 bits per heavy atom. The number of aliphatic hydroxyl groups excluding tert-OH is 2. The summed E-state index contributed by atoms with van der Waals surface area (Å²) >= 11 is 3.03. The highest BCUT2D eigenvalue weighted by Gasteiger charge is 2.32. The molecule has 0 aromatic heterocycles. The fourth-order valence-corrected chi connectivity index (χ4v) is 2.01. The molecule has 0 saturated carbocycles. The van der Waals surface area contributed by atoms with E-state index in [1.807, 2.05) is 0 Å². The third-order valence-electron chi connectivity index (χ3n) is 2.55. The Balaban J connectivity index is 3.13. The zero-order chi connectivity index (χ0) is 15.3. The quantitative estimate of drug-likeness (QED) is 0.847. The van der Waals surface area contributed by atoms with Crippen LogP contribution >= 0.6 is 15.9 Å². The van der Waals surface area contributed by atoms with Gasteiger partial charge in [0.05, 0.1) is 24.3 Å². The largest absolute Gasteiger partial charge is 0.416 e. The average Bonchev–Trinajstić information content (AvgIpc) is 2.37. The number of benzene rings is 1. The maximum absolute atomic E-state index is 12.6. The first-order valence-corrected chi connectivity index (χ1v) is 6.48. The van der Waals surface area contributed by atoms with Crippen LogP contribution in [0.5, 0.6) is 0 Å². The molecule has 8 heteroatoms. The fourth-order valence-electron chi connectivity index (χ4n) is 1.59. The maximum atomic E-state index is 12.6. The minimum absolute atomic E-state index is 0.0674. The van der Waals surface area contributed by atoms with Gasteiger partial charge in [-0.1, -0.05) is 0 Å². The third kappa shape index (κ3) is 4.19. The van der Waals surface area contributed by atoms with Crippen LogP contribution in [0.3, 0.4) is 0 Å². The minimum Gasteiger partial charge on any atom is -0.395 e. The van der Waals surface area contributed by atoms with Crippen LogP contribution in [0.2, 0.25) is 0 Å². The van der Waals surface area contributed by atoms with Crippen molar-refractivity contribution in [2.45, 2.75) is 6.18 Å². The smallest absolute Gasteiger partial charge is 0.395 e. The van der Waals surface area contributed by atoms with Gasteiger partial charge in [-0.15, -0.1) is 0 Å². The number of carbonyl (C=O) groups excluding carboxylic acids is 1. The SMILES string of the molecule is O=C(c1cc(C(F)(F)F)ccc1Br)N(CCO)CCO. The minimum atomic E-state index is -4.55. The highest BCUT2D eigenvalue weighted by Crippen LogP contribution is 2.32. The van der Waals surface area contributed by atoms with Gasteiger partial charge in [0.2, 0.25) is 0 Å². The van der Waals surface area contributed by atoms with Crippen molar-refractivity contribution in [1.82, 2.24) is 4.90 Å². The summed E-state index contributed by atoms with van der Waals surface area (Å²) in [6, 6.07) is 2.75. The van der Waals surface area contributed by atoms with Crippen LogP contribution in [0.1, 0.15) is 15.9 Å². The van der Waals surface area contributed by atoms with Crippen molar-refractivity contribution in [1.29, 1.82) is 0 Å². The summed E-state index contributed by atoms with van der Waals surface area (Å²) in [6.07, 6.45) is -4.55. The molecule has 0 radical (unpaired) electrons. The van der Waals surface area contributed by atoms with E-state index < -0.39 is 17.6 Å². The number of rotatable bonds is 5. The van der Waals surface area contributed by atoms with Crippen LogP contribution in [0.15, 0.2) is 22.7 Å². The topological polar surface area (TPSA) is 60.8 Å². The van der Waals surface area contributed by atoms with Crippen molar-refractivity contribution in [3.8, 4) is 0 Å². The highest BCUT2D eigenvalue weighted by atomic mass is 79.9. The Hall–Kier alpha value is -1.12. The predicted octanol–water partition coefficient (Wildman–Crippen LogP) is 1.89. The predicted molar refractivity (Wildman–Crippen MR) is 69.2 cm³/mol. The molecule has 20 heavy (non-hydrogen) atoms. The standard InChI is InChI=1S/C12H13BrF3NO3/c13-10-2-1-8(12(14,15)16)7-9(10)11(20)17(3-5-18)4-6-19/h1-2,7,18-19H,3-6H2. The summed E-state index contributed by atoms with van der Waals surface area (Å²) in [6.45, 7) is -0.825. The molecule has 0 aliphatic heterocycles. The molecule has 2 N–H and O–H groups in total. The van der Waals surface area contributed by atoms with E-state index in [1.54, 1.807) is 0 Å². The number of carbonyl (C=O) groups is 1. The molecule has 1 aromatic carbocycles. The lowest BCUT2D eigenvalue weighted by Crippen LogP contribution is -2.36. The van der Waals surface area contributed by atoms with E-state index in [2.05, 4.69) is 15.9 Å². The highest BCUT2D eigenvalue weighted by molar-refractivity contribution is 9.10. The Morgan fingerprint density at radius 2 is 1.75 bits per heavy atom. The summed E-state index contributed by atoms with van der Waals surface area (Å²) in [5, 5.41) is 17.7. The first kappa shape index (κ1) is 16.9. The molecule has 4 nitrogen and oxygen atoms in total. The number of aliphatic hydroxyl groups is 2. The van der Waals surface area contributed by atoms with E-state index in [9.17, 15) is 18.0 Å². The van der Waals surface area contributed by atoms with E-state index >= 15 is 0 Å². The number of hydrogen-bond donors (Lipinski definition) is 2. The van der Waals surface area contributed by atoms with Gasteiger partial charge in [-0.2, -0.15) is 13.2 Å². The molecule has 0 aliphatic rings. The van der Waals surface area contributed by atoms with Crippen molar-refractivity contribution in [2.75, 3.05) is 26.3 Å². The lowest BCUT2D eigenvalue weighted by atomic mass is 10.1. The summed E-state index contributed by atoms with van der Waals surface area (Å²) in [5.74, 6) is -0.689. The summed E-state index contributed by atoms with van der Waals surface area (Å²) in [4.78, 5) is 13.2. The van der Waals surface area contributed by atoms with Gasteiger partial charge in [0.25, 0.3) is 5.91 Å². The van der Waals surface area contributed by atoms with E-state index in [0.29, 0.717) is 0 Å². The number of alkyl halides is 3. The van der Waals surface area contributed by atoms with E-state index in [1.165, 1.54) is 0 Å². The zero-order valence-electron chi connectivity index (χ0n) is 10.3. The van der Waals surface area contributed by atoms with Crippen LogP contribution in [0.25, 0.3) is 0 Å². The van der Waals surface area contributed by atoms with E-state index in [4.69, 9.17) is 10.2 Å². The molecule has 0 atom stereocenters. The average molecular weight is 356 g/mol. The number of halogens is 4. The van der Waals surface area contributed by atoms with E-state index in [0.717, 1.165) is 23.1 Å². The van der Waals surface area contributed by atoms with Gasteiger partial charge in [-0.25, -0.2) is 0 Å².